The molecule has 1 aromatic rings. The highest BCUT2D eigenvalue weighted by Gasteiger charge is 2.34. The van der Waals surface area contributed by atoms with Crippen molar-refractivity contribution in [2.45, 2.75) is 19.3 Å². The summed E-state index contributed by atoms with van der Waals surface area (Å²) < 4.78 is 0. The van der Waals surface area contributed by atoms with Crippen molar-refractivity contribution in [2.24, 2.45) is 11.8 Å². The highest BCUT2D eigenvalue weighted by Crippen LogP contribution is 2.29. The molecule has 3 nitrogen and oxygen atoms in total. The van der Waals surface area contributed by atoms with Crippen LogP contribution < -0.4 is 5.32 Å². The lowest BCUT2D eigenvalue weighted by atomic mass is 9.88. The van der Waals surface area contributed by atoms with Crippen molar-refractivity contribution in [3.63, 3.8) is 0 Å². The maximum Gasteiger partial charge on any atom is 0.225 e. The number of amides is 1. The van der Waals surface area contributed by atoms with Gasteiger partial charge in [-0.3, -0.25) is 4.79 Å². The Labute approximate surface area is 115 Å². The second-order valence-electron chi connectivity index (χ2n) is 5.89. The molecule has 2 atom stereocenters. The predicted molar refractivity (Wildman–Crippen MR) is 75.9 cm³/mol. The van der Waals surface area contributed by atoms with Crippen molar-refractivity contribution >= 4 is 5.91 Å². The van der Waals surface area contributed by atoms with Gasteiger partial charge < -0.3 is 10.2 Å². The van der Waals surface area contributed by atoms with Gasteiger partial charge in [0.2, 0.25) is 5.91 Å². The van der Waals surface area contributed by atoms with Gasteiger partial charge >= 0.3 is 0 Å². The summed E-state index contributed by atoms with van der Waals surface area (Å²) in [7, 11) is 0. The van der Waals surface area contributed by atoms with E-state index in [1.165, 1.54) is 5.56 Å². The third kappa shape index (κ3) is 2.52. The van der Waals surface area contributed by atoms with Gasteiger partial charge in [0, 0.05) is 24.9 Å². The molecule has 1 aromatic carbocycles. The normalized spacial score (nSPS) is 25.1. The van der Waals surface area contributed by atoms with Crippen LogP contribution in [0.1, 0.15) is 24.8 Å². The average Bonchev–Trinajstić information content (AvgIpc) is 2.86. The molecule has 0 saturated carbocycles. The standard InChI is InChI=1S/C16H22N2O/c1-12(15-9-17-10-15)16(19)18-8-7-14(11-18)13-5-3-2-4-6-13/h2-6,12,14-15,17H,7-11H2,1H3. The molecule has 0 radical (unpaired) electrons. The Kier molecular flexibility index (Phi) is 3.56. The molecular weight excluding hydrogens is 236 g/mol. The SMILES string of the molecule is CC(C(=O)N1CCC(c2ccccc2)C1)C1CNC1. The van der Waals surface area contributed by atoms with Crippen molar-refractivity contribution < 1.29 is 4.79 Å². The van der Waals surface area contributed by atoms with Crippen LogP contribution in [-0.2, 0) is 4.79 Å². The molecule has 0 aromatic heterocycles. The summed E-state index contributed by atoms with van der Waals surface area (Å²) in [6.45, 7) is 5.91. The average molecular weight is 258 g/mol. The number of likely N-dealkylation sites (tertiary alicyclic amines) is 1. The van der Waals surface area contributed by atoms with Crippen LogP contribution in [0.4, 0.5) is 0 Å². The van der Waals surface area contributed by atoms with E-state index in [4.69, 9.17) is 0 Å². The predicted octanol–water partition coefficient (Wildman–Crippen LogP) is 1.86. The third-order valence-electron chi connectivity index (χ3n) is 4.68. The lowest BCUT2D eigenvalue weighted by Crippen LogP contribution is -2.50. The molecule has 2 aliphatic heterocycles. The molecule has 2 saturated heterocycles. The third-order valence-corrected chi connectivity index (χ3v) is 4.68. The van der Waals surface area contributed by atoms with Gasteiger partial charge in [-0.2, -0.15) is 0 Å². The summed E-state index contributed by atoms with van der Waals surface area (Å²) in [6, 6.07) is 10.6. The van der Waals surface area contributed by atoms with E-state index in [2.05, 4.69) is 41.4 Å². The van der Waals surface area contributed by atoms with E-state index >= 15 is 0 Å². The van der Waals surface area contributed by atoms with Gasteiger partial charge in [0.1, 0.15) is 0 Å². The Balaban J connectivity index is 1.61. The van der Waals surface area contributed by atoms with Crippen molar-refractivity contribution in [2.75, 3.05) is 26.2 Å². The maximum atomic E-state index is 12.5. The number of carbonyl (C=O) groups is 1. The van der Waals surface area contributed by atoms with Gasteiger partial charge in [0.05, 0.1) is 0 Å². The number of nitrogens with zero attached hydrogens (tertiary/aromatic N) is 1. The number of benzene rings is 1. The number of carbonyl (C=O) groups excluding carboxylic acids is 1. The number of hydrogen-bond acceptors (Lipinski definition) is 2. The monoisotopic (exact) mass is 258 g/mol. The van der Waals surface area contributed by atoms with Gasteiger partial charge in [-0.05, 0) is 31.0 Å². The molecule has 2 heterocycles. The Morgan fingerprint density at radius 3 is 2.68 bits per heavy atom. The molecular formula is C16H22N2O. The van der Waals surface area contributed by atoms with Crippen LogP contribution in [0.15, 0.2) is 30.3 Å². The second kappa shape index (κ2) is 5.33. The first-order valence-corrected chi connectivity index (χ1v) is 7.30. The van der Waals surface area contributed by atoms with Gasteiger partial charge in [-0.1, -0.05) is 37.3 Å². The topological polar surface area (TPSA) is 32.3 Å². The number of hydrogen-bond donors (Lipinski definition) is 1. The first-order chi connectivity index (χ1) is 9.25. The highest BCUT2D eigenvalue weighted by molar-refractivity contribution is 5.79. The van der Waals surface area contributed by atoms with Crippen LogP contribution >= 0.6 is 0 Å². The van der Waals surface area contributed by atoms with Gasteiger partial charge in [-0.25, -0.2) is 0 Å². The first kappa shape index (κ1) is 12.7. The summed E-state index contributed by atoms with van der Waals surface area (Å²) in [4.78, 5) is 14.5. The molecule has 3 rings (SSSR count). The van der Waals surface area contributed by atoms with Crippen LogP contribution in [0.3, 0.4) is 0 Å². The van der Waals surface area contributed by atoms with Gasteiger partial charge in [0.15, 0.2) is 0 Å². The van der Waals surface area contributed by atoms with E-state index in [0.29, 0.717) is 17.7 Å². The molecule has 0 spiro atoms. The van der Waals surface area contributed by atoms with E-state index in [0.717, 1.165) is 32.6 Å². The fraction of sp³-hybridized carbons (Fsp3) is 0.562. The molecule has 102 valence electrons. The van der Waals surface area contributed by atoms with E-state index in [1.807, 2.05) is 6.07 Å². The largest absolute Gasteiger partial charge is 0.342 e. The van der Waals surface area contributed by atoms with Crippen LogP contribution in [0.2, 0.25) is 0 Å². The minimum absolute atomic E-state index is 0.177. The van der Waals surface area contributed by atoms with Crippen molar-refractivity contribution in [1.82, 2.24) is 10.2 Å². The molecule has 1 amide bonds. The van der Waals surface area contributed by atoms with Gasteiger partial charge in [-0.15, -0.1) is 0 Å². The summed E-state index contributed by atoms with van der Waals surface area (Å²) in [5.74, 6) is 1.60. The molecule has 3 heteroatoms. The summed E-state index contributed by atoms with van der Waals surface area (Å²) >= 11 is 0. The number of nitrogens with one attached hydrogen (secondary N) is 1. The smallest absolute Gasteiger partial charge is 0.225 e. The zero-order valence-corrected chi connectivity index (χ0v) is 11.5. The Bertz CT molecular complexity index is 441. The zero-order chi connectivity index (χ0) is 13.2. The minimum atomic E-state index is 0.177. The lowest BCUT2D eigenvalue weighted by molar-refractivity contribution is -0.136. The van der Waals surface area contributed by atoms with E-state index < -0.39 is 0 Å². The minimum Gasteiger partial charge on any atom is -0.342 e. The molecule has 0 aliphatic carbocycles. The van der Waals surface area contributed by atoms with Crippen molar-refractivity contribution in [1.29, 1.82) is 0 Å². The molecule has 2 unspecified atom stereocenters. The summed E-state index contributed by atoms with van der Waals surface area (Å²) in [5, 5.41) is 3.25. The first-order valence-electron chi connectivity index (χ1n) is 7.30. The van der Waals surface area contributed by atoms with E-state index in [1.54, 1.807) is 0 Å². The Morgan fingerprint density at radius 2 is 2.05 bits per heavy atom. The van der Waals surface area contributed by atoms with Gasteiger partial charge in [0.25, 0.3) is 0 Å². The lowest BCUT2D eigenvalue weighted by Gasteiger charge is -2.34. The number of rotatable bonds is 3. The molecule has 2 aliphatic rings. The van der Waals surface area contributed by atoms with Crippen LogP contribution in [0, 0.1) is 11.8 Å². The Morgan fingerprint density at radius 1 is 1.32 bits per heavy atom. The quantitative estimate of drug-likeness (QED) is 0.897. The molecule has 19 heavy (non-hydrogen) atoms. The highest BCUT2D eigenvalue weighted by atomic mass is 16.2. The molecule has 0 bridgehead atoms. The van der Waals surface area contributed by atoms with Crippen LogP contribution in [0.5, 0.6) is 0 Å². The fourth-order valence-corrected chi connectivity index (χ4v) is 3.11. The molecule has 2 fully saturated rings. The molecule has 1 N–H and O–H groups in total. The van der Waals surface area contributed by atoms with Crippen molar-refractivity contribution in [3.8, 4) is 0 Å². The summed E-state index contributed by atoms with van der Waals surface area (Å²) in [5.41, 5.74) is 1.37. The fourth-order valence-electron chi connectivity index (χ4n) is 3.11. The van der Waals surface area contributed by atoms with Crippen LogP contribution in [-0.4, -0.2) is 37.0 Å². The van der Waals surface area contributed by atoms with Crippen molar-refractivity contribution in [3.05, 3.63) is 35.9 Å². The van der Waals surface area contributed by atoms with E-state index in [-0.39, 0.29) is 5.92 Å². The van der Waals surface area contributed by atoms with Crippen LogP contribution in [0.25, 0.3) is 0 Å². The Hall–Kier alpha value is -1.35. The van der Waals surface area contributed by atoms with E-state index in [9.17, 15) is 4.79 Å². The second-order valence-corrected chi connectivity index (χ2v) is 5.89. The zero-order valence-electron chi connectivity index (χ0n) is 11.5. The maximum absolute atomic E-state index is 12.5. The summed E-state index contributed by atoms with van der Waals surface area (Å²) in [6.07, 6.45) is 1.10.